The topological polar surface area (TPSA) is 58.1 Å². The summed E-state index contributed by atoms with van der Waals surface area (Å²) in [6, 6.07) is 1.82. The van der Waals surface area contributed by atoms with Crippen LogP contribution in [0.3, 0.4) is 0 Å². The van der Waals surface area contributed by atoms with Crippen molar-refractivity contribution in [2.24, 2.45) is 0 Å². The van der Waals surface area contributed by atoms with Crippen LogP contribution in [0.1, 0.15) is 12.8 Å². The number of hydrogen-bond acceptors (Lipinski definition) is 4. The molecule has 1 N–H and O–H groups in total. The second-order valence-electron chi connectivity index (χ2n) is 4.57. The van der Waals surface area contributed by atoms with Crippen LogP contribution in [0.2, 0.25) is 0 Å². The van der Waals surface area contributed by atoms with Crippen LogP contribution in [-0.2, 0) is 11.3 Å². The molecule has 0 spiro atoms. The summed E-state index contributed by atoms with van der Waals surface area (Å²) in [6.45, 7) is 1.60. The minimum absolute atomic E-state index is 0.0298. The molecule has 7 heteroatoms. The third-order valence-corrected chi connectivity index (χ3v) is 4.57. The van der Waals surface area contributed by atoms with Gasteiger partial charge in [-0.3, -0.25) is 14.2 Å². The molecule has 5 nitrogen and oxygen atoms in total. The number of carbonyl (C=O) groups is 1. The van der Waals surface area contributed by atoms with Crippen molar-refractivity contribution in [3.63, 3.8) is 0 Å². The van der Waals surface area contributed by atoms with Gasteiger partial charge < -0.3 is 9.88 Å². The number of thiophene rings is 1. The molecule has 0 unspecified atom stereocenters. The second kappa shape index (κ2) is 4.90. The molecule has 2 aromatic rings. The molecule has 0 aliphatic carbocycles. The van der Waals surface area contributed by atoms with Gasteiger partial charge >= 0.3 is 0 Å². The zero-order valence-corrected chi connectivity index (χ0v) is 11.9. The van der Waals surface area contributed by atoms with E-state index in [9.17, 15) is 9.59 Å². The van der Waals surface area contributed by atoms with E-state index in [0.29, 0.717) is 9.47 Å². The Labute approximate surface area is 118 Å². The fourth-order valence-corrected chi connectivity index (χ4v) is 3.37. The van der Waals surface area contributed by atoms with Crippen LogP contribution in [0.5, 0.6) is 0 Å². The summed E-state index contributed by atoms with van der Waals surface area (Å²) < 4.78 is 2.28. The minimum Gasteiger partial charge on any atom is -0.341 e. The van der Waals surface area contributed by atoms with Crippen molar-refractivity contribution in [2.45, 2.75) is 19.4 Å². The molecule has 100 valence electrons. The quantitative estimate of drug-likeness (QED) is 0.859. The number of nitrogens with one attached hydrogen (secondary N) is 1. The molecule has 1 fully saturated rings. The first-order chi connectivity index (χ1) is 9.16. The van der Waals surface area contributed by atoms with Gasteiger partial charge in [0.25, 0.3) is 5.56 Å². The number of aromatic nitrogens is 2. The largest absolute Gasteiger partial charge is 0.341 e. The molecule has 0 aromatic carbocycles. The van der Waals surface area contributed by atoms with E-state index in [-0.39, 0.29) is 18.0 Å². The predicted molar refractivity (Wildman–Crippen MR) is 77.1 cm³/mol. The average molecular weight is 295 g/mol. The minimum atomic E-state index is -0.179. The predicted octanol–water partition coefficient (Wildman–Crippen LogP) is 1.74. The van der Waals surface area contributed by atoms with Crippen molar-refractivity contribution in [1.29, 1.82) is 0 Å². The molecule has 3 heterocycles. The van der Waals surface area contributed by atoms with Crippen molar-refractivity contribution < 1.29 is 4.79 Å². The first-order valence-corrected chi connectivity index (χ1v) is 7.44. The highest BCUT2D eigenvalue weighted by Crippen LogP contribution is 2.14. The lowest BCUT2D eigenvalue weighted by atomic mass is 10.4. The number of aromatic amines is 1. The van der Waals surface area contributed by atoms with Gasteiger partial charge in [-0.15, -0.1) is 11.3 Å². The zero-order chi connectivity index (χ0) is 13.4. The number of rotatable bonds is 2. The first kappa shape index (κ1) is 12.6. The van der Waals surface area contributed by atoms with Gasteiger partial charge in [0, 0.05) is 13.1 Å². The van der Waals surface area contributed by atoms with E-state index >= 15 is 0 Å². The molecule has 0 radical (unpaired) electrons. The lowest BCUT2D eigenvalue weighted by molar-refractivity contribution is -0.130. The zero-order valence-electron chi connectivity index (χ0n) is 10.2. The summed E-state index contributed by atoms with van der Waals surface area (Å²) >= 11 is 6.53. The Morgan fingerprint density at radius 2 is 2.16 bits per heavy atom. The van der Waals surface area contributed by atoms with Crippen molar-refractivity contribution >= 4 is 39.7 Å². The van der Waals surface area contributed by atoms with Gasteiger partial charge in [-0.25, -0.2) is 0 Å². The number of hydrogen-bond donors (Lipinski definition) is 1. The van der Waals surface area contributed by atoms with Crippen molar-refractivity contribution in [3.05, 3.63) is 26.6 Å². The molecule has 2 aromatic heterocycles. The Morgan fingerprint density at radius 3 is 2.89 bits per heavy atom. The Morgan fingerprint density at radius 1 is 1.42 bits per heavy atom. The molecule has 1 aliphatic rings. The van der Waals surface area contributed by atoms with Crippen LogP contribution in [0.15, 0.2) is 16.2 Å². The molecular formula is C12H13N3O2S2. The highest BCUT2D eigenvalue weighted by Gasteiger charge is 2.19. The summed E-state index contributed by atoms with van der Waals surface area (Å²) in [5.74, 6) is -0.0324. The number of amides is 1. The molecule has 3 rings (SSSR count). The van der Waals surface area contributed by atoms with Crippen LogP contribution in [0.4, 0.5) is 0 Å². The maximum absolute atomic E-state index is 12.3. The maximum atomic E-state index is 12.3. The van der Waals surface area contributed by atoms with Gasteiger partial charge in [-0.05, 0) is 36.5 Å². The summed E-state index contributed by atoms with van der Waals surface area (Å²) in [7, 11) is 0. The number of H-pyrrole nitrogens is 1. The molecule has 1 saturated heterocycles. The monoisotopic (exact) mass is 295 g/mol. The first-order valence-electron chi connectivity index (χ1n) is 6.15. The summed E-state index contributed by atoms with van der Waals surface area (Å²) in [5, 5.41) is 1.84. The maximum Gasteiger partial charge on any atom is 0.272 e. The van der Waals surface area contributed by atoms with E-state index in [2.05, 4.69) is 4.98 Å². The third kappa shape index (κ3) is 2.23. The van der Waals surface area contributed by atoms with E-state index in [1.54, 1.807) is 4.90 Å². The second-order valence-corrected chi connectivity index (χ2v) is 5.88. The van der Waals surface area contributed by atoms with Gasteiger partial charge in [-0.1, -0.05) is 0 Å². The summed E-state index contributed by atoms with van der Waals surface area (Å²) in [4.78, 5) is 29.2. The molecule has 1 amide bonds. The van der Waals surface area contributed by atoms with Gasteiger partial charge in [0.1, 0.15) is 11.2 Å². The number of carbonyl (C=O) groups excluding carboxylic acids is 1. The average Bonchev–Trinajstić information content (AvgIpc) is 3.04. The van der Waals surface area contributed by atoms with Gasteiger partial charge in [0.05, 0.1) is 5.52 Å². The SMILES string of the molecule is O=C(Cn1c(=S)[nH]c2ccsc2c1=O)N1CCCC1. The summed E-state index contributed by atoms with van der Waals surface area (Å²) in [5.41, 5.74) is 0.561. The van der Waals surface area contributed by atoms with Crippen LogP contribution in [-0.4, -0.2) is 33.4 Å². The Kier molecular flexibility index (Phi) is 3.24. The lowest BCUT2D eigenvalue weighted by Gasteiger charge is -2.15. The third-order valence-electron chi connectivity index (χ3n) is 3.34. The molecule has 1 aliphatic heterocycles. The Balaban J connectivity index is 1.98. The van der Waals surface area contributed by atoms with Gasteiger partial charge in [0.2, 0.25) is 5.91 Å². The van der Waals surface area contributed by atoms with E-state index in [1.807, 2.05) is 11.4 Å². The Bertz CT molecular complexity index is 737. The number of nitrogens with zero attached hydrogens (tertiary/aromatic N) is 2. The van der Waals surface area contributed by atoms with E-state index in [0.717, 1.165) is 31.4 Å². The van der Waals surface area contributed by atoms with Crippen LogP contribution in [0.25, 0.3) is 10.2 Å². The van der Waals surface area contributed by atoms with Crippen LogP contribution in [0, 0.1) is 4.77 Å². The Hall–Kier alpha value is -1.47. The molecule has 0 atom stereocenters. The van der Waals surface area contributed by atoms with E-state index in [1.165, 1.54) is 15.9 Å². The molecule has 0 bridgehead atoms. The smallest absolute Gasteiger partial charge is 0.272 e. The standard InChI is InChI=1S/C12H13N3O2S2/c16-9(14-4-1-2-5-14)7-15-11(17)10-8(3-6-19-10)13-12(15)18/h3,6H,1-2,4-5,7H2,(H,13,18). The highest BCUT2D eigenvalue weighted by atomic mass is 32.1. The van der Waals surface area contributed by atoms with E-state index in [4.69, 9.17) is 12.2 Å². The number of fused-ring (bicyclic) bond motifs is 1. The van der Waals surface area contributed by atoms with Crippen LogP contribution < -0.4 is 5.56 Å². The number of likely N-dealkylation sites (tertiary alicyclic amines) is 1. The van der Waals surface area contributed by atoms with Gasteiger partial charge in [-0.2, -0.15) is 0 Å². The normalized spacial score (nSPS) is 15.3. The summed E-state index contributed by atoms with van der Waals surface area (Å²) in [6.07, 6.45) is 2.08. The molecule has 0 saturated carbocycles. The highest BCUT2D eigenvalue weighted by molar-refractivity contribution is 7.71. The lowest BCUT2D eigenvalue weighted by Crippen LogP contribution is -2.35. The fraction of sp³-hybridized carbons (Fsp3) is 0.417. The van der Waals surface area contributed by atoms with Crippen LogP contribution >= 0.6 is 23.6 Å². The van der Waals surface area contributed by atoms with Gasteiger partial charge in [0.15, 0.2) is 4.77 Å². The van der Waals surface area contributed by atoms with E-state index < -0.39 is 0 Å². The molecule has 19 heavy (non-hydrogen) atoms. The fourth-order valence-electron chi connectivity index (χ4n) is 2.32. The van der Waals surface area contributed by atoms with Crippen molar-refractivity contribution in [1.82, 2.24) is 14.5 Å². The van der Waals surface area contributed by atoms with Crippen molar-refractivity contribution in [2.75, 3.05) is 13.1 Å². The van der Waals surface area contributed by atoms with Crippen molar-refractivity contribution in [3.8, 4) is 0 Å². The molecular weight excluding hydrogens is 282 g/mol.